The molecule has 0 spiro atoms. The van der Waals surface area contributed by atoms with Gasteiger partial charge in [-0.15, -0.1) is 5.10 Å². The van der Waals surface area contributed by atoms with E-state index in [9.17, 15) is 4.79 Å². The molecule has 1 aliphatic carbocycles. The lowest BCUT2D eigenvalue weighted by Gasteiger charge is -2.30. The molecule has 1 amide bonds. The summed E-state index contributed by atoms with van der Waals surface area (Å²) in [7, 11) is 0. The smallest absolute Gasteiger partial charge is 0.254 e. The Bertz CT molecular complexity index is 906. The topological polar surface area (TPSA) is 63.9 Å². The Morgan fingerprint density at radius 2 is 2.00 bits per heavy atom. The molecule has 0 N–H and O–H groups in total. The summed E-state index contributed by atoms with van der Waals surface area (Å²) in [6.45, 7) is 2.06. The molecule has 1 atom stereocenters. The van der Waals surface area contributed by atoms with Gasteiger partial charge in [-0.05, 0) is 66.1 Å². The van der Waals surface area contributed by atoms with Crippen LogP contribution in [0.5, 0.6) is 0 Å². The van der Waals surface area contributed by atoms with Gasteiger partial charge in [-0.25, -0.2) is 4.68 Å². The molecule has 26 heavy (non-hydrogen) atoms. The van der Waals surface area contributed by atoms with Gasteiger partial charge in [-0.1, -0.05) is 29.8 Å². The molecule has 2 aromatic carbocycles. The Balaban J connectivity index is 1.64. The highest BCUT2D eigenvalue weighted by Crippen LogP contribution is 2.36. The van der Waals surface area contributed by atoms with Gasteiger partial charge < -0.3 is 4.90 Å². The maximum atomic E-state index is 13.3. The highest BCUT2D eigenvalue weighted by atomic mass is 35.5. The normalized spacial score (nSPS) is 14.8. The number of amides is 1. The third-order valence-electron chi connectivity index (χ3n) is 4.65. The van der Waals surface area contributed by atoms with Crippen LogP contribution in [0.15, 0.2) is 54.9 Å². The second kappa shape index (κ2) is 6.88. The van der Waals surface area contributed by atoms with Gasteiger partial charge in [-0.3, -0.25) is 4.79 Å². The Hall–Kier alpha value is -2.73. The number of carbonyl (C=O) groups excluding carboxylic acids is 1. The summed E-state index contributed by atoms with van der Waals surface area (Å²) in [5.41, 5.74) is 2.47. The minimum atomic E-state index is -0.0241. The SMILES string of the molecule is CC(c1ccc(Cl)cc1)N(C(=O)c1cccc(-n2cnnn2)c1)C1CC1. The van der Waals surface area contributed by atoms with Crippen LogP contribution in [-0.2, 0) is 0 Å². The van der Waals surface area contributed by atoms with Crippen LogP contribution in [0, 0.1) is 0 Å². The maximum Gasteiger partial charge on any atom is 0.254 e. The van der Waals surface area contributed by atoms with Gasteiger partial charge in [0.05, 0.1) is 11.7 Å². The number of carbonyl (C=O) groups is 1. The summed E-state index contributed by atoms with van der Waals surface area (Å²) in [5.74, 6) is 0.0184. The molecule has 6 nitrogen and oxygen atoms in total. The summed E-state index contributed by atoms with van der Waals surface area (Å²) in [5, 5.41) is 11.9. The molecule has 0 bridgehead atoms. The first-order chi connectivity index (χ1) is 12.6. The molecule has 0 aliphatic heterocycles. The number of hydrogen-bond acceptors (Lipinski definition) is 4. The van der Waals surface area contributed by atoms with E-state index >= 15 is 0 Å². The average Bonchev–Trinajstić information content (AvgIpc) is 3.33. The number of hydrogen-bond donors (Lipinski definition) is 0. The summed E-state index contributed by atoms with van der Waals surface area (Å²) < 4.78 is 1.54. The summed E-state index contributed by atoms with van der Waals surface area (Å²) in [6, 6.07) is 15.3. The van der Waals surface area contributed by atoms with Crippen LogP contribution >= 0.6 is 11.6 Å². The quantitative estimate of drug-likeness (QED) is 0.690. The van der Waals surface area contributed by atoms with E-state index in [0.717, 1.165) is 24.1 Å². The Morgan fingerprint density at radius 1 is 1.23 bits per heavy atom. The van der Waals surface area contributed by atoms with E-state index < -0.39 is 0 Å². The van der Waals surface area contributed by atoms with Crippen LogP contribution in [-0.4, -0.2) is 37.1 Å². The van der Waals surface area contributed by atoms with Crippen LogP contribution in [0.2, 0.25) is 5.02 Å². The monoisotopic (exact) mass is 367 g/mol. The van der Waals surface area contributed by atoms with E-state index in [0.29, 0.717) is 10.6 Å². The molecule has 3 aromatic rings. The van der Waals surface area contributed by atoms with Crippen molar-refractivity contribution in [3.63, 3.8) is 0 Å². The molecule has 7 heteroatoms. The lowest BCUT2D eigenvalue weighted by molar-refractivity contribution is 0.0674. The van der Waals surface area contributed by atoms with E-state index in [4.69, 9.17) is 11.6 Å². The van der Waals surface area contributed by atoms with Gasteiger partial charge in [0, 0.05) is 16.6 Å². The van der Waals surface area contributed by atoms with Crippen LogP contribution in [0.1, 0.15) is 41.7 Å². The molecule has 1 aromatic heterocycles. The van der Waals surface area contributed by atoms with Crippen molar-refractivity contribution < 1.29 is 4.79 Å². The van der Waals surface area contributed by atoms with E-state index in [1.807, 2.05) is 53.4 Å². The van der Waals surface area contributed by atoms with Gasteiger partial charge in [0.15, 0.2) is 0 Å². The fraction of sp³-hybridized carbons (Fsp3) is 0.263. The van der Waals surface area contributed by atoms with Crippen LogP contribution in [0.4, 0.5) is 0 Å². The highest BCUT2D eigenvalue weighted by Gasteiger charge is 2.36. The van der Waals surface area contributed by atoms with Crippen molar-refractivity contribution in [3.05, 3.63) is 71.0 Å². The molecule has 1 heterocycles. The van der Waals surface area contributed by atoms with Crippen LogP contribution < -0.4 is 0 Å². The molecule has 0 saturated heterocycles. The van der Waals surface area contributed by atoms with Crippen molar-refractivity contribution in [1.29, 1.82) is 0 Å². The Morgan fingerprint density at radius 3 is 2.65 bits per heavy atom. The number of aromatic nitrogens is 4. The molecule has 1 unspecified atom stereocenters. The minimum absolute atomic E-state index is 0.0184. The van der Waals surface area contributed by atoms with Gasteiger partial charge in [0.25, 0.3) is 5.91 Å². The third-order valence-corrected chi connectivity index (χ3v) is 4.90. The fourth-order valence-corrected chi connectivity index (χ4v) is 3.25. The molecule has 1 saturated carbocycles. The molecule has 1 fully saturated rings. The first-order valence-corrected chi connectivity index (χ1v) is 8.93. The van der Waals surface area contributed by atoms with Crippen LogP contribution in [0.3, 0.4) is 0 Å². The van der Waals surface area contributed by atoms with Crippen molar-refractivity contribution in [2.24, 2.45) is 0 Å². The predicted molar refractivity (Wildman–Crippen MR) is 98.2 cm³/mol. The second-order valence-corrected chi connectivity index (χ2v) is 6.91. The first-order valence-electron chi connectivity index (χ1n) is 8.55. The lowest BCUT2D eigenvalue weighted by Crippen LogP contribution is -2.35. The summed E-state index contributed by atoms with van der Waals surface area (Å²) in [6.07, 6.45) is 3.59. The van der Waals surface area contributed by atoms with Gasteiger partial charge in [0.2, 0.25) is 0 Å². The van der Waals surface area contributed by atoms with Crippen molar-refractivity contribution in [1.82, 2.24) is 25.1 Å². The number of rotatable bonds is 5. The van der Waals surface area contributed by atoms with Crippen molar-refractivity contribution in [3.8, 4) is 5.69 Å². The first kappa shape index (κ1) is 16.7. The van der Waals surface area contributed by atoms with Crippen LogP contribution in [0.25, 0.3) is 5.69 Å². The zero-order chi connectivity index (χ0) is 18.1. The molecular formula is C19H18ClN5O. The number of tetrazole rings is 1. The predicted octanol–water partition coefficient (Wildman–Crippen LogP) is 3.68. The number of halogens is 1. The highest BCUT2D eigenvalue weighted by molar-refractivity contribution is 6.30. The largest absolute Gasteiger partial charge is 0.329 e. The van der Waals surface area contributed by atoms with E-state index in [1.165, 1.54) is 6.33 Å². The Labute approximate surface area is 156 Å². The maximum absolute atomic E-state index is 13.3. The summed E-state index contributed by atoms with van der Waals surface area (Å²) >= 11 is 6.00. The van der Waals surface area contributed by atoms with Gasteiger partial charge in [-0.2, -0.15) is 0 Å². The average molecular weight is 368 g/mol. The van der Waals surface area contributed by atoms with Crippen molar-refractivity contribution in [2.75, 3.05) is 0 Å². The van der Waals surface area contributed by atoms with Gasteiger partial charge in [0.1, 0.15) is 6.33 Å². The second-order valence-electron chi connectivity index (χ2n) is 6.48. The molecule has 0 radical (unpaired) electrons. The van der Waals surface area contributed by atoms with Gasteiger partial charge >= 0.3 is 0 Å². The standard InChI is InChI=1S/C19H18ClN5O/c1-13(14-5-7-16(20)8-6-14)25(17-9-10-17)19(26)15-3-2-4-18(11-15)24-12-21-22-23-24/h2-8,11-13,17H,9-10H2,1H3. The van der Waals surface area contributed by atoms with Crippen molar-refractivity contribution in [2.45, 2.75) is 31.8 Å². The number of nitrogens with zero attached hydrogens (tertiary/aromatic N) is 5. The zero-order valence-electron chi connectivity index (χ0n) is 14.3. The molecule has 1 aliphatic rings. The zero-order valence-corrected chi connectivity index (χ0v) is 15.0. The number of benzene rings is 2. The minimum Gasteiger partial charge on any atom is -0.329 e. The molecular weight excluding hydrogens is 350 g/mol. The fourth-order valence-electron chi connectivity index (χ4n) is 3.12. The van der Waals surface area contributed by atoms with E-state index in [1.54, 1.807) is 4.68 Å². The van der Waals surface area contributed by atoms with Crippen molar-refractivity contribution >= 4 is 17.5 Å². The van der Waals surface area contributed by atoms with E-state index in [-0.39, 0.29) is 18.0 Å². The Kier molecular flexibility index (Phi) is 4.42. The summed E-state index contributed by atoms with van der Waals surface area (Å²) in [4.78, 5) is 15.2. The lowest BCUT2D eigenvalue weighted by atomic mass is 10.0. The molecule has 4 rings (SSSR count). The van der Waals surface area contributed by atoms with E-state index in [2.05, 4.69) is 22.4 Å². The molecule has 132 valence electrons. The third kappa shape index (κ3) is 3.32.